The second-order valence-corrected chi connectivity index (χ2v) is 6.18. The van der Waals surface area contributed by atoms with Crippen molar-refractivity contribution >= 4 is 17.2 Å². The Balaban J connectivity index is 1.76. The topological polar surface area (TPSA) is 54.9 Å². The number of carbonyl (C=O) groups excluding carboxylic acids is 1. The first-order valence-corrected chi connectivity index (χ1v) is 7.87. The maximum absolute atomic E-state index is 12.1. The van der Waals surface area contributed by atoms with Crippen molar-refractivity contribution in [1.82, 2.24) is 15.3 Å². The van der Waals surface area contributed by atoms with E-state index in [4.69, 9.17) is 4.98 Å². The molecule has 1 aliphatic carbocycles. The second kappa shape index (κ2) is 6.18. The van der Waals surface area contributed by atoms with E-state index in [0.29, 0.717) is 6.54 Å². The molecule has 1 atom stereocenters. The van der Waals surface area contributed by atoms with Crippen molar-refractivity contribution in [3.8, 4) is 10.6 Å². The van der Waals surface area contributed by atoms with Crippen LogP contribution < -0.4 is 5.32 Å². The average molecular weight is 299 g/mol. The highest BCUT2D eigenvalue weighted by Crippen LogP contribution is 2.34. The first-order chi connectivity index (χ1) is 10.3. The van der Waals surface area contributed by atoms with Gasteiger partial charge in [0.05, 0.1) is 5.69 Å². The van der Waals surface area contributed by atoms with Crippen LogP contribution in [0.5, 0.6) is 0 Å². The molecule has 21 heavy (non-hydrogen) atoms. The Labute approximate surface area is 128 Å². The molecule has 1 N–H and O–H groups in total. The van der Waals surface area contributed by atoms with Crippen LogP contribution >= 0.6 is 11.3 Å². The monoisotopic (exact) mass is 299 g/mol. The minimum absolute atomic E-state index is 0.0585. The molecule has 0 bridgehead atoms. The van der Waals surface area contributed by atoms with Crippen LogP contribution in [0.25, 0.3) is 10.6 Å². The molecule has 108 valence electrons. The fourth-order valence-electron chi connectivity index (χ4n) is 2.53. The standard InChI is InChI=1S/C16H17N3OS/c1-2-7-18-15(20)12-3-4-13-14(10-12)21-16(19-13)11-5-8-17-9-6-11/h2,5-6,8-9,12H,1,3-4,7,10H2,(H,18,20). The van der Waals surface area contributed by atoms with E-state index in [1.165, 1.54) is 4.88 Å². The summed E-state index contributed by atoms with van der Waals surface area (Å²) in [6, 6.07) is 3.94. The predicted octanol–water partition coefficient (Wildman–Crippen LogP) is 2.61. The lowest BCUT2D eigenvalue weighted by atomic mass is 9.90. The lowest BCUT2D eigenvalue weighted by molar-refractivity contribution is -0.125. The zero-order valence-corrected chi connectivity index (χ0v) is 12.5. The third kappa shape index (κ3) is 3.03. The Kier molecular flexibility index (Phi) is 4.10. The van der Waals surface area contributed by atoms with Crippen molar-refractivity contribution < 1.29 is 4.79 Å². The molecule has 0 fully saturated rings. The molecule has 2 aromatic heterocycles. The fourth-order valence-corrected chi connectivity index (χ4v) is 3.73. The van der Waals surface area contributed by atoms with Crippen molar-refractivity contribution in [2.75, 3.05) is 6.54 Å². The largest absolute Gasteiger partial charge is 0.352 e. The molecule has 0 aliphatic heterocycles. The molecule has 0 saturated carbocycles. The van der Waals surface area contributed by atoms with Crippen LogP contribution in [0.15, 0.2) is 37.2 Å². The molecule has 1 unspecified atom stereocenters. The molecule has 5 heteroatoms. The molecule has 0 radical (unpaired) electrons. The summed E-state index contributed by atoms with van der Waals surface area (Å²) in [6.07, 6.45) is 7.81. The minimum Gasteiger partial charge on any atom is -0.352 e. The van der Waals surface area contributed by atoms with Gasteiger partial charge < -0.3 is 5.32 Å². The number of pyridine rings is 1. The Morgan fingerprint density at radius 2 is 2.29 bits per heavy atom. The number of nitrogens with one attached hydrogen (secondary N) is 1. The molecule has 2 heterocycles. The van der Waals surface area contributed by atoms with Crippen LogP contribution in [0.4, 0.5) is 0 Å². The predicted molar refractivity (Wildman–Crippen MR) is 84.1 cm³/mol. The molecule has 3 rings (SSSR count). The van der Waals surface area contributed by atoms with Gasteiger partial charge in [-0.15, -0.1) is 17.9 Å². The van der Waals surface area contributed by atoms with E-state index in [1.54, 1.807) is 29.8 Å². The van der Waals surface area contributed by atoms with Crippen molar-refractivity contribution in [2.45, 2.75) is 19.3 Å². The Morgan fingerprint density at radius 1 is 1.48 bits per heavy atom. The lowest BCUT2D eigenvalue weighted by Gasteiger charge is -2.19. The van der Waals surface area contributed by atoms with Gasteiger partial charge >= 0.3 is 0 Å². The molecule has 1 amide bonds. The molecule has 1 aliphatic rings. The normalized spacial score (nSPS) is 17.0. The maximum atomic E-state index is 12.1. The number of aryl methyl sites for hydroxylation is 1. The molecular weight excluding hydrogens is 282 g/mol. The first kappa shape index (κ1) is 13.9. The molecule has 0 saturated heterocycles. The summed E-state index contributed by atoms with van der Waals surface area (Å²) < 4.78 is 0. The molecule has 0 aromatic carbocycles. The van der Waals surface area contributed by atoms with E-state index in [9.17, 15) is 4.79 Å². The average Bonchev–Trinajstić information content (AvgIpc) is 2.96. The van der Waals surface area contributed by atoms with E-state index >= 15 is 0 Å². The summed E-state index contributed by atoms with van der Waals surface area (Å²) in [5, 5.41) is 3.91. The van der Waals surface area contributed by atoms with Gasteiger partial charge in [-0.25, -0.2) is 4.98 Å². The number of fused-ring (bicyclic) bond motifs is 1. The first-order valence-electron chi connectivity index (χ1n) is 7.05. The van der Waals surface area contributed by atoms with E-state index < -0.39 is 0 Å². The molecular formula is C16H17N3OS. The van der Waals surface area contributed by atoms with Crippen LogP contribution in [0.1, 0.15) is 17.0 Å². The van der Waals surface area contributed by atoms with Gasteiger partial charge in [0.1, 0.15) is 5.01 Å². The molecule has 4 nitrogen and oxygen atoms in total. The number of amides is 1. The number of hydrogen-bond acceptors (Lipinski definition) is 4. The van der Waals surface area contributed by atoms with Gasteiger partial charge in [0.2, 0.25) is 5.91 Å². The summed E-state index contributed by atoms with van der Waals surface area (Å²) in [4.78, 5) is 22.1. The van der Waals surface area contributed by atoms with Gasteiger partial charge in [-0.2, -0.15) is 0 Å². The number of aromatic nitrogens is 2. The Hall–Kier alpha value is -2.01. The van der Waals surface area contributed by atoms with E-state index in [0.717, 1.165) is 35.5 Å². The van der Waals surface area contributed by atoms with Crippen LogP contribution in [-0.4, -0.2) is 22.4 Å². The maximum Gasteiger partial charge on any atom is 0.223 e. The van der Waals surface area contributed by atoms with Gasteiger partial charge in [-0.3, -0.25) is 9.78 Å². The summed E-state index contributed by atoms with van der Waals surface area (Å²) >= 11 is 1.69. The van der Waals surface area contributed by atoms with Crippen molar-refractivity contribution in [1.29, 1.82) is 0 Å². The number of hydrogen-bond donors (Lipinski definition) is 1. The van der Waals surface area contributed by atoms with Gasteiger partial charge in [0.25, 0.3) is 0 Å². The van der Waals surface area contributed by atoms with Gasteiger partial charge in [-0.1, -0.05) is 6.08 Å². The third-order valence-corrected chi connectivity index (χ3v) is 4.83. The van der Waals surface area contributed by atoms with Crippen LogP contribution in [0.3, 0.4) is 0 Å². The highest BCUT2D eigenvalue weighted by Gasteiger charge is 2.27. The quantitative estimate of drug-likeness (QED) is 0.883. The highest BCUT2D eigenvalue weighted by atomic mass is 32.1. The number of thiazole rings is 1. The van der Waals surface area contributed by atoms with Gasteiger partial charge in [0, 0.05) is 35.3 Å². The smallest absolute Gasteiger partial charge is 0.223 e. The Bertz CT molecular complexity index is 651. The number of carbonyl (C=O) groups is 1. The van der Waals surface area contributed by atoms with Crippen LogP contribution in [-0.2, 0) is 17.6 Å². The van der Waals surface area contributed by atoms with Crippen LogP contribution in [0.2, 0.25) is 0 Å². The molecule has 0 spiro atoms. The van der Waals surface area contributed by atoms with Gasteiger partial charge in [0.15, 0.2) is 0 Å². The minimum atomic E-state index is 0.0585. The van der Waals surface area contributed by atoms with Gasteiger partial charge in [-0.05, 0) is 31.4 Å². The summed E-state index contributed by atoms with van der Waals surface area (Å²) in [7, 11) is 0. The summed E-state index contributed by atoms with van der Waals surface area (Å²) in [6.45, 7) is 4.16. The SMILES string of the molecule is C=CCNC(=O)C1CCc2nc(-c3ccncc3)sc2C1. The van der Waals surface area contributed by atoms with E-state index in [-0.39, 0.29) is 11.8 Å². The van der Waals surface area contributed by atoms with Crippen molar-refractivity contribution in [3.05, 3.63) is 47.8 Å². The highest BCUT2D eigenvalue weighted by molar-refractivity contribution is 7.15. The van der Waals surface area contributed by atoms with Crippen LogP contribution in [0, 0.1) is 5.92 Å². The van der Waals surface area contributed by atoms with E-state index in [1.807, 2.05) is 12.1 Å². The summed E-state index contributed by atoms with van der Waals surface area (Å²) in [5.41, 5.74) is 2.25. The second-order valence-electron chi connectivity index (χ2n) is 5.10. The third-order valence-electron chi connectivity index (χ3n) is 3.66. The van der Waals surface area contributed by atoms with E-state index in [2.05, 4.69) is 16.9 Å². The number of rotatable bonds is 4. The number of nitrogens with zero attached hydrogens (tertiary/aromatic N) is 2. The zero-order chi connectivity index (χ0) is 14.7. The van der Waals surface area contributed by atoms with Crippen molar-refractivity contribution in [3.63, 3.8) is 0 Å². The summed E-state index contributed by atoms with van der Waals surface area (Å²) in [5.74, 6) is 0.183. The Morgan fingerprint density at radius 3 is 3.05 bits per heavy atom. The fraction of sp³-hybridized carbons (Fsp3) is 0.312. The van der Waals surface area contributed by atoms with Crippen molar-refractivity contribution in [2.24, 2.45) is 5.92 Å². The molecule has 2 aromatic rings. The lowest BCUT2D eigenvalue weighted by Crippen LogP contribution is -2.33. The zero-order valence-electron chi connectivity index (χ0n) is 11.7.